The SMILES string of the molecule is COc1ccc(OC)c(C=[N+]([O-])c2ccccc2)c1. The molecule has 0 spiro atoms. The van der Waals surface area contributed by atoms with Gasteiger partial charge in [0.2, 0.25) is 5.69 Å². The van der Waals surface area contributed by atoms with Crippen LogP contribution in [-0.2, 0) is 0 Å². The monoisotopic (exact) mass is 257 g/mol. The molecule has 4 heteroatoms. The average Bonchev–Trinajstić information content (AvgIpc) is 2.48. The van der Waals surface area contributed by atoms with Gasteiger partial charge in [0.05, 0.1) is 19.8 Å². The Balaban J connectivity index is 2.41. The van der Waals surface area contributed by atoms with Gasteiger partial charge in [-0.3, -0.25) is 0 Å². The van der Waals surface area contributed by atoms with Gasteiger partial charge in [-0.1, -0.05) is 18.2 Å². The predicted molar refractivity (Wildman–Crippen MR) is 74.4 cm³/mol. The lowest BCUT2D eigenvalue weighted by Gasteiger charge is -2.07. The van der Waals surface area contributed by atoms with Gasteiger partial charge in [-0.05, 0) is 18.2 Å². The Morgan fingerprint density at radius 3 is 2.37 bits per heavy atom. The van der Waals surface area contributed by atoms with E-state index in [4.69, 9.17) is 9.47 Å². The number of rotatable bonds is 4. The fourth-order valence-corrected chi connectivity index (χ4v) is 1.72. The minimum absolute atomic E-state index is 0.562. The van der Waals surface area contributed by atoms with Gasteiger partial charge in [0.1, 0.15) is 11.5 Å². The molecule has 0 N–H and O–H groups in total. The van der Waals surface area contributed by atoms with Crippen LogP contribution in [0.2, 0.25) is 0 Å². The number of nitrogens with zero attached hydrogens (tertiary/aromatic N) is 1. The first-order valence-corrected chi connectivity index (χ1v) is 5.83. The molecule has 2 aromatic rings. The van der Waals surface area contributed by atoms with Crippen molar-refractivity contribution < 1.29 is 14.2 Å². The molecule has 0 aromatic heterocycles. The second-order valence-electron chi connectivity index (χ2n) is 3.90. The number of para-hydroxylation sites is 1. The van der Waals surface area contributed by atoms with Gasteiger partial charge in [-0.15, -0.1) is 0 Å². The van der Waals surface area contributed by atoms with Crippen LogP contribution >= 0.6 is 0 Å². The fourth-order valence-electron chi connectivity index (χ4n) is 1.72. The van der Waals surface area contributed by atoms with E-state index in [1.165, 1.54) is 6.21 Å². The highest BCUT2D eigenvalue weighted by atomic mass is 16.5. The summed E-state index contributed by atoms with van der Waals surface area (Å²) in [7, 11) is 3.15. The largest absolute Gasteiger partial charge is 0.618 e. The zero-order valence-electron chi connectivity index (χ0n) is 10.9. The zero-order chi connectivity index (χ0) is 13.7. The van der Waals surface area contributed by atoms with E-state index < -0.39 is 0 Å². The summed E-state index contributed by atoms with van der Waals surface area (Å²) in [6, 6.07) is 14.3. The summed E-state index contributed by atoms with van der Waals surface area (Å²) in [6.07, 6.45) is 1.47. The standard InChI is InChI=1S/C15H15NO3/c1-18-14-8-9-15(19-2)12(10-14)11-16(17)13-6-4-3-5-7-13/h3-11H,1-2H3. The summed E-state index contributed by atoms with van der Waals surface area (Å²) >= 11 is 0. The maximum Gasteiger partial charge on any atom is 0.216 e. The van der Waals surface area contributed by atoms with Crippen LogP contribution in [0.3, 0.4) is 0 Å². The minimum Gasteiger partial charge on any atom is -0.618 e. The summed E-state index contributed by atoms with van der Waals surface area (Å²) in [6.45, 7) is 0. The minimum atomic E-state index is 0.562. The summed E-state index contributed by atoms with van der Waals surface area (Å²) in [4.78, 5) is 0. The van der Waals surface area contributed by atoms with Gasteiger partial charge in [-0.2, -0.15) is 4.74 Å². The van der Waals surface area contributed by atoms with Crippen LogP contribution in [0.1, 0.15) is 5.56 Å². The lowest BCUT2D eigenvalue weighted by Crippen LogP contribution is -2.01. The molecule has 0 saturated carbocycles. The van der Waals surface area contributed by atoms with Gasteiger partial charge in [0.15, 0.2) is 6.21 Å². The maximum atomic E-state index is 12.0. The average molecular weight is 257 g/mol. The lowest BCUT2D eigenvalue weighted by atomic mass is 10.2. The molecule has 0 radical (unpaired) electrons. The van der Waals surface area contributed by atoms with E-state index in [0.717, 1.165) is 4.74 Å². The molecular formula is C15H15NO3. The first-order valence-electron chi connectivity index (χ1n) is 5.83. The van der Waals surface area contributed by atoms with Crippen molar-refractivity contribution in [3.05, 3.63) is 59.3 Å². The molecule has 0 heterocycles. The highest BCUT2D eigenvalue weighted by molar-refractivity contribution is 5.81. The molecule has 19 heavy (non-hydrogen) atoms. The smallest absolute Gasteiger partial charge is 0.216 e. The Morgan fingerprint density at radius 1 is 1.00 bits per heavy atom. The summed E-state index contributed by atoms with van der Waals surface area (Å²) in [5.74, 6) is 1.30. The van der Waals surface area contributed by atoms with Crippen LogP contribution in [0.4, 0.5) is 5.69 Å². The second-order valence-corrected chi connectivity index (χ2v) is 3.90. The first-order chi connectivity index (χ1) is 9.24. The molecule has 0 unspecified atom stereocenters. The Kier molecular flexibility index (Phi) is 4.03. The van der Waals surface area contributed by atoms with Crippen molar-refractivity contribution in [2.75, 3.05) is 14.2 Å². The number of methoxy groups -OCH3 is 2. The molecule has 0 aliphatic heterocycles. The van der Waals surface area contributed by atoms with E-state index in [1.807, 2.05) is 18.2 Å². The molecule has 98 valence electrons. The Morgan fingerprint density at radius 2 is 1.74 bits per heavy atom. The molecule has 2 aromatic carbocycles. The van der Waals surface area contributed by atoms with Gasteiger partial charge in [0.25, 0.3) is 0 Å². The molecule has 0 bridgehead atoms. The Bertz CT molecular complexity index is 579. The van der Waals surface area contributed by atoms with Crippen LogP contribution in [0.5, 0.6) is 11.5 Å². The number of hydrogen-bond donors (Lipinski definition) is 0. The van der Waals surface area contributed by atoms with E-state index in [9.17, 15) is 5.21 Å². The third-order valence-electron chi connectivity index (χ3n) is 2.70. The zero-order valence-corrected chi connectivity index (χ0v) is 10.9. The normalized spacial score (nSPS) is 11.2. The number of ether oxygens (including phenoxy) is 2. The lowest BCUT2D eigenvalue weighted by molar-refractivity contribution is -0.354. The van der Waals surface area contributed by atoms with Crippen LogP contribution in [0, 0.1) is 5.21 Å². The van der Waals surface area contributed by atoms with Crippen molar-refractivity contribution in [3.8, 4) is 11.5 Å². The van der Waals surface area contributed by atoms with Crippen molar-refractivity contribution >= 4 is 11.9 Å². The molecule has 4 nitrogen and oxygen atoms in total. The quantitative estimate of drug-likeness (QED) is 0.366. The fraction of sp³-hybridized carbons (Fsp3) is 0.133. The van der Waals surface area contributed by atoms with E-state index >= 15 is 0 Å². The van der Waals surface area contributed by atoms with Gasteiger partial charge >= 0.3 is 0 Å². The van der Waals surface area contributed by atoms with Crippen molar-refractivity contribution in [2.24, 2.45) is 0 Å². The highest BCUT2D eigenvalue weighted by Crippen LogP contribution is 2.23. The summed E-state index contributed by atoms with van der Waals surface area (Å²) in [5, 5.41) is 12.0. The van der Waals surface area contributed by atoms with Crippen LogP contribution < -0.4 is 9.47 Å². The van der Waals surface area contributed by atoms with Crippen LogP contribution in [0.25, 0.3) is 0 Å². The van der Waals surface area contributed by atoms with E-state index in [1.54, 1.807) is 44.6 Å². The van der Waals surface area contributed by atoms with Crippen molar-refractivity contribution in [3.63, 3.8) is 0 Å². The third-order valence-corrected chi connectivity index (χ3v) is 2.70. The molecule has 2 rings (SSSR count). The van der Waals surface area contributed by atoms with Crippen molar-refractivity contribution in [1.29, 1.82) is 0 Å². The molecule has 0 saturated heterocycles. The molecular weight excluding hydrogens is 242 g/mol. The third kappa shape index (κ3) is 3.04. The first kappa shape index (κ1) is 13.0. The van der Waals surface area contributed by atoms with Crippen molar-refractivity contribution in [1.82, 2.24) is 0 Å². The van der Waals surface area contributed by atoms with Crippen LogP contribution in [0.15, 0.2) is 48.5 Å². The highest BCUT2D eigenvalue weighted by Gasteiger charge is 2.07. The topological polar surface area (TPSA) is 44.5 Å². The second kappa shape index (κ2) is 5.91. The Labute approximate surface area is 112 Å². The summed E-state index contributed by atoms with van der Waals surface area (Å²) in [5.41, 5.74) is 1.23. The van der Waals surface area contributed by atoms with Gasteiger partial charge in [0, 0.05) is 12.1 Å². The van der Waals surface area contributed by atoms with Gasteiger partial charge in [-0.25, -0.2) is 0 Å². The Hall–Kier alpha value is -2.49. The predicted octanol–water partition coefficient (Wildman–Crippen LogP) is 2.96. The number of benzene rings is 2. The molecule has 0 aliphatic carbocycles. The summed E-state index contributed by atoms with van der Waals surface area (Å²) < 4.78 is 11.2. The molecule has 0 fully saturated rings. The maximum absolute atomic E-state index is 12.0. The molecule has 0 atom stereocenters. The van der Waals surface area contributed by atoms with Gasteiger partial charge < -0.3 is 14.7 Å². The molecule has 0 amide bonds. The molecule has 0 aliphatic rings. The number of hydrogen-bond acceptors (Lipinski definition) is 3. The van der Waals surface area contributed by atoms with E-state index in [-0.39, 0.29) is 0 Å². The van der Waals surface area contributed by atoms with Crippen LogP contribution in [-0.4, -0.2) is 25.2 Å². The van der Waals surface area contributed by atoms with Crippen molar-refractivity contribution in [2.45, 2.75) is 0 Å². The van der Waals surface area contributed by atoms with E-state index in [2.05, 4.69) is 0 Å². The van der Waals surface area contributed by atoms with E-state index in [0.29, 0.717) is 22.7 Å².